The molecule has 1 aromatic carbocycles. The molecule has 0 aromatic heterocycles. The number of rotatable bonds is 2. The van der Waals surface area contributed by atoms with Gasteiger partial charge in [-0.25, -0.2) is 18.0 Å². The van der Waals surface area contributed by atoms with Gasteiger partial charge >= 0.3 is 12.1 Å². The minimum Gasteiger partial charge on any atom is -0.459 e. The zero-order valence-electron chi connectivity index (χ0n) is 10.6. The topological polar surface area (TPSA) is 26.3 Å². The van der Waals surface area contributed by atoms with Crippen LogP contribution in [0.2, 0.25) is 0 Å². The van der Waals surface area contributed by atoms with Gasteiger partial charge in [-0.15, -0.1) is 0 Å². The Balaban J connectivity index is 2.38. The van der Waals surface area contributed by atoms with Crippen molar-refractivity contribution in [1.82, 2.24) is 0 Å². The zero-order valence-corrected chi connectivity index (χ0v) is 10.6. The maximum Gasteiger partial charge on any atom is 0.419 e. The van der Waals surface area contributed by atoms with E-state index in [1.54, 1.807) is 0 Å². The van der Waals surface area contributed by atoms with Crippen molar-refractivity contribution in [3.63, 3.8) is 0 Å². The average Bonchev–Trinajstić information content (AvgIpc) is 2.87. The molecule has 0 heterocycles. The molecule has 116 valence electrons. The molecular weight excluding hydrogens is 302 g/mol. The van der Waals surface area contributed by atoms with Crippen LogP contribution in [-0.4, -0.2) is 12.1 Å². The Morgan fingerprint density at radius 2 is 1.62 bits per heavy atom. The third-order valence-electron chi connectivity index (χ3n) is 3.25. The van der Waals surface area contributed by atoms with Crippen LogP contribution in [0.5, 0.6) is 0 Å². The molecule has 0 N–H and O–H groups in total. The molecule has 1 saturated carbocycles. The summed E-state index contributed by atoms with van der Waals surface area (Å²) < 4.78 is 82.2. The molecule has 0 amide bonds. The number of carbonyl (C=O) groups is 1. The molecule has 2 nitrogen and oxygen atoms in total. The highest BCUT2D eigenvalue weighted by Crippen LogP contribution is 2.34. The molecular formula is C13H10F6O2. The summed E-state index contributed by atoms with van der Waals surface area (Å²) >= 11 is 0. The lowest BCUT2D eigenvalue weighted by molar-refractivity contribution is -0.140. The van der Waals surface area contributed by atoms with E-state index in [9.17, 15) is 31.1 Å². The van der Waals surface area contributed by atoms with Gasteiger partial charge in [-0.3, -0.25) is 0 Å². The first-order valence-electron chi connectivity index (χ1n) is 6.17. The van der Waals surface area contributed by atoms with Crippen LogP contribution in [0.15, 0.2) is 6.07 Å². The van der Waals surface area contributed by atoms with Crippen molar-refractivity contribution < 1.29 is 35.9 Å². The first-order chi connectivity index (χ1) is 9.71. The van der Waals surface area contributed by atoms with Crippen molar-refractivity contribution >= 4 is 5.97 Å². The lowest BCUT2D eigenvalue weighted by atomic mass is 10.1. The lowest BCUT2D eigenvalue weighted by Crippen LogP contribution is -2.19. The van der Waals surface area contributed by atoms with Crippen LogP contribution in [0.25, 0.3) is 0 Å². The van der Waals surface area contributed by atoms with Crippen molar-refractivity contribution in [2.75, 3.05) is 0 Å². The van der Waals surface area contributed by atoms with Crippen LogP contribution in [0, 0.1) is 17.5 Å². The second-order valence-electron chi connectivity index (χ2n) is 4.72. The monoisotopic (exact) mass is 312 g/mol. The van der Waals surface area contributed by atoms with E-state index in [1.807, 2.05) is 0 Å². The van der Waals surface area contributed by atoms with Gasteiger partial charge < -0.3 is 4.74 Å². The normalized spacial score (nSPS) is 16.3. The number of hydrogen-bond acceptors (Lipinski definition) is 2. The highest BCUT2D eigenvalue weighted by Gasteiger charge is 2.39. The van der Waals surface area contributed by atoms with Crippen molar-refractivity contribution in [3.8, 4) is 0 Å². The molecule has 0 aliphatic heterocycles. The number of alkyl halides is 3. The molecule has 1 aromatic rings. The number of halogens is 6. The molecule has 0 saturated heterocycles. The summed E-state index contributed by atoms with van der Waals surface area (Å²) in [5, 5.41) is 0. The van der Waals surface area contributed by atoms with Crippen LogP contribution in [0.4, 0.5) is 26.3 Å². The van der Waals surface area contributed by atoms with Gasteiger partial charge in [0.2, 0.25) is 0 Å². The number of hydrogen-bond donors (Lipinski definition) is 0. The highest BCUT2D eigenvalue weighted by atomic mass is 19.4. The van der Waals surface area contributed by atoms with Gasteiger partial charge in [0.15, 0.2) is 17.5 Å². The average molecular weight is 312 g/mol. The summed E-state index contributed by atoms with van der Waals surface area (Å²) in [7, 11) is 0. The number of benzene rings is 1. The van der Waals surface area contributed by atoms with Crippen LogP contribution in [0.1, 0.15) is 41.6 Å². The van der Waals surface area contributed by atoms with Gasteiger partial charge in [-0.05, 0) is 31.7 Å². The van der Waals surface area contributed by atoms with E-state index in [2.05, 4.69) is 0 Å². The summed E-state index contributed by atoms with van der Waals surface area (Å²) in [4.78, 5) is 11.6. The third kappa shape index (κ3) is 3.14. The fraction of sp³-hybridized carbons (Fsp3) is 0.462. The number of ether oxygens (including phenoxy) is 1. The SMILES string of the molecule is O=C(OC1CCCC1)c1cc(C(F)(F)F)c(F)c(F)c1F. The smallest absolute Gasteiger partial charge is 0.419 e. The fourth-order valence-electron chi connectivity index (χ4n) is 2.18. The van der Waals surface area contributed by atoms with Gasteiger partial charge in [0.05, 0.1) is 11.1 Å². The van der Waals surface area contributed by atoms with Gasteiger partial charge in [-0.1, -0.05) is 0 Å². The lowest BCUT2D eigenvalue weighted by Gasteiger charge is -2.14. The largest absolute Gasteiger partial charge is 0.459 e. The van der Waals surface area contributed by atoms with E-state index in [0.717, 1.165) is 12.8 Å². The Kier molecular flexibility index (Phi) is 4.15. The summed E-state index contributed by atoms with van der Waals surface area (Å²) in [6.07, 6.45) is -3.25. The van der Waals surface area contributed by atoms with Gasteiger partial charge in [0.1, 0.15) is 6.10 Å². The predicted molar refractivity (Wildman–Crippen MR) is 59.0 cm³/mol. The Morgan fingerprint density at radius 3 is 2.14 bits per heavy atom. The van der Waals surface area contributed by atoms with E-state index in [-0.39, 0.29) is 6.07 Å². The molecule has 21 heavy (non-hydrogen) atoms. The molecule has 1 fully saturated rings. The maximum atomic E-state index is 13.5. The van der Waals surface area contributed by atoms with Crippen LogP contribution in [-0.2, 0) is 10.9 Å². The van der Waals surface area contributed by atoms with E-state index < -0.39 is 46.8 Å². The minimum absolute atomic E-state index is 0.0645. The minimum atomic E-state index is -5.25. The number of carbonyl (C=O) groups excluding carboxylic acids is 1. The Morgan fingerprint density at radius 1 is 1.05 bits per heavy atom. The first kappa shape index (κ1) is 15.7. The van der Waals surface area contributed by atoms with Gasteiger partial charge in [0, 0.05) is 0 Å². The van der Waals surface area contributed by atoms with Crippen LogP contribution in [0.3, 0.4) is 0 Å². The van der Waals surface area contributed by atoms with Crippen molar-refractivity contribution in [3.05, 3.63) is 34.6 Å². The first-order valence-corrected chi connectivity index (χ1v) is 6.17. The molecule has 1 aliphatic carbocycles. The van der Waals surface area contributed by atoms with Crippen molar-refractivity contribution in [1.29, 1.82) is 0 Å². The van der Waals surface area contributed by atoms with Gasteiger partial charge in [0.25, 0.3) is 0 Å². The number of esters is 1. The highest BCUT2D eigenvalue weighted by molar-refractivity contribution is 5.90. The quantitative estimate of drug-likeness (QED) is 0.464. The second-order valence-corrected chi connectivity index (χ2v) is 4.72. The maximum absolute atomic E-state index is 13.5. The molecule has 0 unspecified atom stereocenters. The van der Waals surface area contributed by atoms with E-state index in [1.165, 1.54) is 0 Å². The van der Waals surface area contributed by atoms with E-state index in [0.29, 0.717) is 12.8 Å². The Hall–Kier alpha value is -1.73. The van der Waals surface area contributed by atoms with Crippen molar-refractivity contribution in [2.45, 2.75) is 38.0 Å². The van der Waals surface area contributed by atoms with Crippen LogP contribution >= 0.6 is 0 Å². The van der Waals surface area contributed by atoms with Crippen LogP contribution < -0.4 is 0 Å². The molecule has 0 radical (unpaired) electrons. The van der Waals surface area contributed by atoms with E-state index in [4.69, 9.17) is 4.74 Å². The van der Waals surface area contributed by atoms with E-state index >= 15 is 0 Å². The molecule has 0 atom stereocenters. The predicted octanol–water partition coefficient (Wildman–Crippen LogP) is 4.22. The molecule has 0 bridgehead atoms. The summed E-state index contributed by atoms with van der Waals surface area (Å²) in [5.74, 6) is -8.13. The second kappa shape index (κ2) is 5.57. The fourth-order valence-corrected chi connectivity index (χ4v) is 2.18. The molecule has 0 spiro atoms. The standard InChI is InChI=1S/C13H10F6O2/c14-9-7(12(20)21-6-3-1-2-4-6)5-8(13(17,18)19)10(15)11(9)16/h5-6H,1-4H2. The summed E-state index contributed by atoms with van der Waals surface area (Å²) in [6, 6.07) is -0.0645. The zero-order chi connectivity index (χ0) is 15.8. The Labute approximate surface area is 115 Å². The van der Waals surface area contributed by atoms with Gasteiger partial charge in [-0.2, -0.15) is 13.2 Å². The summed E-state index contributed by atoms with van der Waals surface area (Å²) in [5.41, 5.74) is -3.30. The Bertz CT molecular complexity index is 561. The molecule has 2 rings (SSSR count). The molecule has 8 heteroatoms. The third-order valence-corrected chi connectivity index (χ3v) is 3.25. The summed E-state index contributed by atoms with van der Waals surface area (Å²) in [6.45, 7) is 0. The van der Waals surface area contributed by atoms with Crippen molar-refractivity contribution in [2.24, 2.45) is 0 Å². The molecule has 1 aliphatic rings.